The quantitative estimate of drug-likeness (QED) is 0.792. The molecule has 21 heavy (non-hydrogen) atoms. The molecule has 0 unspecified atom stereocenters. The van der Waals surface area contributed by atoms with Crippen LogP contribution < -0.4 is 5.73 Å². The molecule has 0 bridgehead atoms. The lowest BCUT2D eigenvalue weighted by molar-refractivity contribution is 0.0625. The van der Waals surface area contributed by atoms with E-state index in [1.165, 1.54) is 0 Å². The Kier molecular flexibility index (Phi) is 6.26. The molecule has 1 amide bonds. The van der Waals surface area contributed by atoms with Crippen LogP contribution in [0.2, 0.25) is 0 Å². The molecule has 0 saturated heterocycles. The van der Waals surface area contributed by atoms with E-state index < -0.39 is 0 Å². The Hall–Kier alpha value is -0.390. The number of nitrogens with zero attached hydrogens (tertiary/aromatic N) is 1. The maximum Gasteiger partial charge on any atom is 0.255 e. The van der Waals surface area contributed by atoms with Crippen molar-refractivity contribution in [3.63, 3.8) is 0 Å². The average Bonchev–Trinajstić information content (AvgIpc) is 2.48. The summed E-state index contributed by atoms with van der Waals surface area (Å²) in [7, 11) is 0. The first kappa shape index (κ1) is 17.0. The summed E-state index contributed by atoms with van der Waals surface area (Å²) < 4.78 is 1.78. The molecule has 2 N–H and O–H groups in total. The number of rotatable bonds is 4. The van der Waals surface area contributed by atoms with E-state index in [0.717, 1.165) is 53.2 Å². The molecular weight excluding hydrogens is 396 g/mol. The van der Waals surface area contributed by atoms with Crippen molar-refractivity contribution in [2.24, 2.45) is 5.73 Å². The van der Waals surface area contributed by atoms with E-state index in [-0.39, 0.29) is 5.91 Å². The number of hydrogen-bond donors (Lipinski definition) is 1. The predicted molar refractivity (Wildman–Crippen MR) is 93.4 cm³/mol. The van der Waals surface area contributed by atoms with Gasteiger partial charge in [0.15, 0.2) is 0 Å². The Morgan fingerprint density at radius 2 is 1.95 bits per heavy atom. The standard InChI is InChI=1S/C16H22Br2N2O/c1-2-9-20(13-6-4-12(19)5-7-13)16(21)14-10-11(17)3-8-15(14)18/h3,8,10,12-13H,2,4-7,9,19H2,1H3. The summed E-state index contributed by atoms with van der Waals surface area (Å²) >= 11 is 6.94. The normalized spacial score (nSPS) is 22.1. The molecule has 0 atom stereocenters. The number of carbonyl (C=O) groups is 1. The second-order valence-electron chi connectivity index (χ2n) is 5.69. The molecule has 116 valence electrons. The van der Waals surface area contributed by atoms with E-state index in [9.17, 15) is 4.79 Å². The van der Waals surface area contributed by atoms with Gasteiger partial charge in [0, 0.05) is 27.6 Å². The van der Waals surface area contributed by atoms with Gasteiger partial charge in [0.1, 0.15) is 0 Å². The van der Waals surface area contributed by atoms with Gasteiger partial charge in [-0.15, -0.1) is 0 Å². The molecule has 0 heterocycles. The zero-order valence-corrected chi connectivity index (χ0v) is 15.5. The first-order valence-electron chi connectivity index (χ1n) is 7.54. The maximum atomic E-state index is 12.9. The fourth-order valence-electron chi connectivity index (χ4n) is 2.92. The minimum absolute atomic E-state index is 0.116. The van der Waals surface area contributed by atoms with Crippen LogP contribution in [0, 0.1) is 0 Å². The van der Waals surface area contributed by atoms with E-state index >= 15 is 0 Å². The van der Waals surface area contributed by atoms with Gasteiger partial charge >= 0.3 is 0 Å². The molecule has 3 nitrogen and oxygen atoms in total. The molecule has 0 aliphatic heterocycles. The largest absolute Gasteiger partial charge is 0.336 e. The van der Waals surface area contributed by atoms with Gasteiger partial charge in [0.05, 0.1) is 5.56 Å². The molecule has 0 aromatic heterocycles. The van der Waals surface area contributed by atoms with Gasteiger partial charge in [0.25, 0.3) is 5.91 Å². The zero-order chi connectivity index (χ0) is 15.4. The Balaban J connectivity index is 2.20. The van der Waals surface area contributed by atoms with Crippen molar-refractivity contribution in [2.75, 3.05) is 6.54 Å². The Morgan fingerprint density at radius 3 is 2.57 bits per heavy atom. The van der Waals surface area contributed by atoms with Crippen molar-refractivity contribution in [2.45, 2.75) is 51.1 Å². The molecule has 1 aromatic rings. The van der Waals surface area contributed by atoms with Crippen molar-refractivity contribution in [1.29, 1.82) is 0 Å². The minimum atomic E-state index is 0.116. The molecule has 0 spiro atoms. The van der Waals surface area contributed by atoms with E-state index in [1.807, 2.05) is 23.1 Å². The molecule has 5 heteroatoms. The number of nitrogens with two attached hydrogens (primary N) is 1. The van der Waals surface area contributed by atoms with Gasteiger partial charge in [-0.2, -0.15) is 0 Å². The summed E-state index contributed by atoms with van der Waals surface area (Å²) in [6.07, 6.45) is 5.02. The van der Waals surface area contributed by atoms with Crippen LogP contribution in [0.15, 0.2) is 27.1 Å². The summed E-state index contributed by atoms with van der Waals surface area (Å²) in [5, 5.41) is 0. The van der Waals surface area contributed by atoms with Gasteiger partial charge in [-0.25, -0.2) is 0 Å². The van der Waals surface area contributed by atoms with Crippen LogP contribution in [0.3, 0.4) is 0 Å². The zero-order valence-electron chi connectivity index (χ0n) is 12.3. The van der Waals surface area contributed by atoms with Crippen molar-refractivity contribution < 1.29 is 4.79 Å². The van der Waals surface area contributed by atoms with Gasteiger partial charge in [-0.1, -0.05) is 22.9 Å². The lowest BCUT2D eigenvalue weighted by Gasteiger charge is -2.36. The van der Waals surface area contributed by atoms with Crippen molar-refractivity contribution in [3.05, 3.63) is 32.7 Å². The number of halogens is 2. The van der Waals surface area contributed by atoms with Crippen molar-refractivity contribution in [1.82, 2.24) is 4.90 Å². The third-order valence-electron chi connectivity index (χ3n) is 4.07. The summed E-state index contributed by atoms with van der Waals surface area (Å²) in [6, 6.07) is 6.37. The second-order valence-corrected chi connectivity index (χ2v) is 7.46. The molecule has 1 fully saturated rings. The fraction of sp³-hybridized carbons (Fsp3) is 0.562. The maximum absolute atomic E-state index is 12.9. The smallest absolute Gasteiger partial charge is 0.255 e. The van der Waals surface area contributed by atoms with Crippen molar-refractivity contribution >= 4 is 37.8 Å². The van der Waals surface area contributed by atoms with E-state index in [2.05, 4.69) is 38.8 Å². The molecule has 1 aliphatic rings. The monoisotopic (exact) mass is 416 g/mol. The average molecular weight is 418 g/mol. The molecule has 1 saturated carbocycles. The molecular formula is C16H22Br2N2O. The first-order valence-corrected chi connectivity index (χ1v) is 9.13. The van der Waals surface area contributed by atoms with Crippen LogP contribution in [0.25, 0.3) is 0 Å². The van der Waals surface area contributed by atoms with E-state index in [1.54, 1.807) is 0 Å². The summed E-state index contributed by atoms with van der Waals surface area (Å²) in [5.41, 5.74) is 6.71. The number of hydrogen-bond acceptors (Lipinski definition) is 2. The minimum Gasteiger partial charge on any atom is -0.336 e. The third-order valence-corrected chi connectivity index (χ3v) is 5.25. The number of benzene rings is 1. The highest BCUT2D eigenvalue weighted by Gasteiger charge is 2.28. The van der Waals surface area contributed by atoms with Crippen LogP contribution in [-0.4, -0.2) is 29.4 Å². The molecule has 0 radical (unpaired) electrons. The van der Waals surface area contributed by atoms with E-state index in [4.69, 9.17) is 5.73 Å². The second kappa shape index (κ2) is 7.75. The van der Waals surface area contributed by atoms with Gasteiger partial charge < -0.3 is 10.6 Å². The fourth-order valence-corrected chi connectivity index (χ4v) is 3.70. The Bertz CT molecular complexity index is 499. The van der Waals surface area contributed by atoms with Gasteiger partial charge in [-0.05, 0) is 66.2 Å². The highest BCUT2D eigenvalue weighted by atomic mass is 79.9. The van der Waals surface area contributed by atoms with Crippen LogP contribution in [0.4, 0.5) is 0 Å². The third kappa shape index (κ3) is 4.30. The molecule has 2 rings (SSSR count). The SMILES string of the molecule is CCCN(C(=O)c1cc(Br)ccc1Br)C1CCC(N)CC1. The predicted octanol–water partition coefficient (Wildman–Crippen LogP) is 4.33. The van der Waals surface area contributed by atoms with Crippen LogP contribution in [-0.2, 0) is 0 Å². The summed E-state index contributed by atoms with van der Waals surface area (Å²) in [4.78, 5) is 15.0. The summed E-state index contributed by atoms with van der Waals surface area (Å²) in [6.45, 7) is 2.92. The van der Waals surface area contributed by atoms with E-state index in [0.29, 0.717) is 12.1 Å². The lowest BCUT2D eigenvalue weighted by Crippen LogP contribution is -2.44. The van der Waals surface area contributed by atoms with Gasteiger partial charge in [-0.3, -0.25) is 4.79 Å². The van der Waals surface area contributed by atoms with Crippen LogP contribution in [0.1, 0.15) is 49.4 Å². The molecule has 1 aromatic carbocycles. The highest BCUT2D eigenvalue weighted by Crippen LogP contribution is 2.27. The van der Waals surface area contributed by atoms with Crippen molar-refractivity contribution in [3.8, 4) is 0 Å². The number of amides is 1. The summed E-state index contributed by atoms with van der Waals surface area (Å²) in [5.74, 6) is 0.116. The highest BCUT2D eigenvalue weighted by molar-refractivity contribution is 9.11. The molecule has 1 aliphatic carbocycles. The van der Waals surface area contributed by atoms with Gasteiger partial charge in [0.2, 0.25) is 0 Å². The lowest BCUT2D eigenvalue weighted by atomic mass is 9.90. The van der Waals surface area contributed by atoms with Crippen LogP contribution >= 0.6 is 31.9 Å². The topological polar surface area (TPSA) is 46.3 Å². The first-order chi connectivity index (χ1) is 10.0. The Morgan fingerprint density at radius 1 is 1.29 bits per heavy atom. The Labute approximate surface area is 143 Å². The number of carbonyl (C=O) groups excluding carboxylic acids is 1. The van der Waals surface area contributed by atoms with Crippen LogP contribution in [0.5, 0.6) is 0 Å².